The molecule has 4 nitrogen and oxygen atoms in total. The van der Waals surface area contributed by atoms with Gasteiger partial charge < -0.3 is 15.2 Å². The summed E-state index contributed by atoms with van der Waals surface area (Å²) in [6.45, 7) is 2.01. The van der Waals surface area contributed by atoms with Gasteiger partial charge in [0, 0.05) is 17.9 Å². The van der Waals surface area contributed by atoms with Gasteiger partial charge in [0.05, 0.1) is 7.11 Å². The number of carbonyl (C=O) groups excluding carboxylic acids is 1. The Bertz CT molecular complexity index is 393. The lowest BCUT2D eigenvalue weighted by atomic mass is 10.1. The molecule has 0 aliphatic rings. The topological polar surface area (TPSA) is 58.6 Å². The lowest BCUT2D eigenvalue weighted by Gasteiger charge is -2.09. The number of hydrogen-bond acceptors (Lipinski definition) is 3. The Morgan fingerprint density at radius 3 is 2.81 bits per heavy atom. The van der Waals surface area contributed by atoms with Gasteiger partial charge in [0.25, 0.3) is 0 Å². The second-order valence-electron chi connectivity index (χ2n) is 3.35. The highest BCUT2D eigenvalue weighted by Crippen LogP contribution is 2.32. The number of halogens is 1. The normalized spacial score (nSPS) is 9.94. The highest BCUT2D eigenvalue weighted by molar-refractivity contribution is 9.10. The maximum Gasteiger partial charge on any atom is 0.216 e. The van der Waals surface area contributed by atoms with E-state index in [0.717, 1.165) is 10.0 Å². The molecule has 0 atom stereocenters. The first-order valence-electron chi connectivity index (χ1n) is 4.84. The second kappa shape index (κ2) is 5.75. The van der Waals surface area contributed by atoms with Crippen LogP contribution < -0.4 is 10.1 Å². The monoisotopic (exact) mass is 287 g/mol. The van der Waals surface area contributed by atoms with Gasteiger partial charge in [-0.2, -0.15) is 0 Å². The molecule has 0 unspecified atom stereocenters. The summed E-state index contributed by atoms with van der Waals surface area (Å²) < 4.78 is 5.83. The molecule has 0 heterocycles. The summed E-state index contributed by atoms with van der Waals surface area (Å²) in [5.41, 5.74) is 0.923. The fourth-order valence-corrected chi connectivity index (χ4v) is 1.84. The number of methoxy groups -OCH3 is 1. The summed E-state index contributed by atoms with van der Waals surface area (Å²) in [6, 6.07) is 3.34. The van der Waals surface area contributed by atoms with Crippen LogP contribution in [0.5, 0.6) is 11.5 Å². The molecule has 0 fully saturated rings. The van der Waals surface area contributed by atoms with Crippen molar-refractivity contribution in [3.8, 4) is 11.5 Å². The molecule has 0 saturated carbocycles. The van der Waals surface area contributed by atoms with Crippen LogP contribution in [-0.2, 0) is 11.2 Å². The van der Waals surface area contributed by atoms with E-state index in [1.807, 2.05) is 0 Å². The van der Waals surface area contributed by atoms with Gasteiger partial charge in [-0.25, -0.2) is 0 Å². The van der Waals surface area contributed by atoms with E-state index < -0.39 is 0 Å². The summed E-state index contributed by atoms with van der Waals surface area (Å²) in [6.07, 6.45) is 0.651. The van der Waals surface area contributed by atoms with Gasteiger partial charge in [0.2, 0.25) is 5.91 Å². The van der Waals surface area contributed by atoms with Crippen LogP contribution in [-0.4, -0.2) is 24.7 Å². The molecule has 1 amide bonds. The molecule has 88 valence electrons. The third-order valence-electron chi connectivity index (χ3n) is 2.12. The number of phenols is 1. The van der Waals surface area contributed by atoms with E-state index in [0.29, 0.717) is 18.7 Å². The van der Waals surface area contributed by atoms with Crippen molar-refractivity contribution in [2.24, 2.45) is 0 Å². The average molecular weight is 288 g/mol. The van der Waals surface area contributed by atoms with Crippen LogP contribution in [0.3, 0.4) is 0 Å². The Morgan fingerprint density at radius 1 is 1.56 bits per heavy atom. The lowest BCUT2D eigenvalue weighted by Crippen LogP contribution is -2.22. The zero-order chi connectivity index (χ0) is 12.1. The summed E-state index contributed by atoms with van der Waals surface area (Å²) in [4.78, 5) is 10.7. The maximum atomic E-state index is 10.7. The minimum atomic E-state index is -0.0612. The van der Waals surface area contributed by atoms with Gasteiger partial charge in [-0.15, -0.1) is 0 Å². The third kappa shape index (κ3) is 3.41. The van der Waals surface area contributed by atoms with E-state index in [9.17, 15) is 9.90 Å². The van der Waals surface area contributed by atoms with Gasteiger partial charge in [0.15, 0.2) is 11.5 Å². The highest BCUT2D eigenvalue weighted by Gasteiger charge is 2.07. The maximum absolute atomic E-state index is 10.7. The fourth-order valence-electron chi connectivity index (χ4n) is 1.32. The Balaban J connectivity index is 2.73. The van der Waals surface area contributed by atoms with Crippen LogP contribution in [0.4, 0.5) is 0 Å². The van der Waals surface area contributed by atoms with Crippen LogP contribution in [0.2, 0.25) is 0 Å². The van der Waals surface area contributed by atoms with Crippen LogP contribution in [0.15, 0.2) is 16.6 Å². The molecule has 0 saturated heterocycles. The molecule has 16 heavy (non-hydrogen) atoms. The Morgan fingerprint density at radius 2 is 2.25 bits per heavy atom. The van der Waals surface area contributed by atoms with Gasteiger partial charge in [0.1, 0.15) is 0 Å². The van der Waals surface area contributed by atoms with Gasteiger partial charge >= 0.3 is 0 Å². The highest BCUT2D eigenvalue weighted by atomic mass is 79.9. The van der Waals surface area contributed by atoms with E-state index in [1.54, 1.807) is 12.1 Å². The number of phenolic OH excluding ortho intramolecular Hbond substituents is 1. The van der Waals surface area contributed by atoms with Crippen LogP contribution in [0.25, 0.3) is 0 Å². The molecular weight excluding hydrogens is 274 g/mol. The van der Waals surface area contributed by atoms with Crippen molar-refractivity contribution in [2.45, 2.75) is 13.3 Å². The van der Waals surface area contributed by atoms with Crippen molar-refractivity contribution in [3.63, 3.8) is 0 Å². The minimum Gasteiger partial charge on any atom is -0.504 e. The van der Waals surface area contributed by atoms with Crippen molar-refractivity contribution in [2.75, 3.05) is 13.7 Å². The molecule has 0 bridgehead atoms. The summed E-state index contributed by atoms with van der Waals surface area (Å²) in [5, 5.41) is 12.3. The minimum absolute atomic E-state index is 0.0612. The first kappa shape index (κ1) is 12.8. The largest absolute Gasteiger partial charge is 0.504 e. The molecule has 0 radical (unpaired) electrons. The average Bonchev–Trinajstić information content (AvgIpc) is 2.22. The number of nitrogens with one attached hydrogen (secondary N) is 1. The Hall–Kier alpha value is -1.23. The number of aromatic hydroxyl groups is 1. The molecule has 0 aliphatic heterocycles. The Kier molecular flexibility index (Phi) is 4.61. The number of hydrogen-bond donors (Lipinski definition) is 2. The second-order valence-corrected chi connectivity index (χ2v) is 4.20. The molecule has 1 aromatic rings. The van der Waals surface area contributed by atoms with E-state index in [4.69, 9.17) is 4.74 Å². The number of rotatable bonds is 4. The van der Waals surface area contributed by atoms with Crippen LogP contribution in [0.1, 0.15) is 12.5 Å². The molecule has 0 aromatic heterocycles. The Labute approximate surface area is 103 Å². The summed E-state index contributed by atoms with van der Waals surface area (Å²) in [7, 11) is 1.50. The molecule has 0 aliphatic carbocycles. The number of amides is 1. The quantitative estimate of drug-likeness (QED) is 0.889. The molecule has 1 rings (SSSR count). The molecule has 0 spiro atoms. The summed E-state index contributed by atoms with van der Waals surface area (Å²) in [5.74, 6) is 0.465. The zero-order valence-electron chi connectivity index (χ0n) is 9.21. The van der Waals surface area contributed by atoms with E-state index in [-0.39, 0.29) is 11.7 Å². The van der Waals surface area contributed by atoms with E-state index >= 15 is 0 Å². The SMILES string of the molecule is COc1cc(Br)c(CCNC(C)=O)cc1O. The van der Waals surface area contributed by atoms with Gasteiger partial charge in [-0.05, 0) is 24.1 Å². The fraction of sp³-hybridized carbons (Fsp3) is 0.364. The zero-order valence-corrected chi connectivity index (χ0v) is 10.8. The third-order valence-corrected chi connectivity index (χ3v) is 2.85. The number of ether oxygens (including phenoxy) is 1. The van der Waals surface area contributed by atoms with Crippen molar-refractivity contribution >= 4 is 21.8 Å². The van der Waals surface area contributed by atoms with Crippen molar-refractivity contribution in [1.82, 2.24) is 5.32 Å². The standard InChI is InChI=1S/C11H14BrNO3/c1-7(14)13-4-3-8-5-10(15)11(16-2)6-9(8)12/h5-6,15H,3-4H2,1-2H3,(H,13,14). The van der Waals surface area contributed by atoms with E-state index in [1.165, 1.54) is 14.0 Å². The predicted octanol–water partition coefficient (Wildman–Crippen LogP) is 1.84. The first-order chi connectivity index (χ1) is 7.54. The summed E-state index contributed by atoms with van der Waals surface area (Å²) >= 11 is 3.39. The van der Waals surface area contributed by atoms with Gasteiger partial charge in [-0.1, -0.05) is 15.9 Å². The predicted molar refractivity (Wildman–Crippen MR) is 64.7 cm³/mol. The molecular formula is C11H14BrNO3. The molecule has 2 N–H and O–H groups in total. The first-order valence-corrected chi connectivity index (χ1v) is 5.63. The van der Waals surface area contributed by atoms with Crippen LogP contribution in [0, 0.1) is 0 Å². The van der Waals surface area contributed by atoms with Crippen molar-refractivity contribution in [1.29, 1.82) is 0 Å². The number of benzene rings is 1. The lowest BCUT2D eigenvalue weighted by molar-refractivity contribution is -0.118. The van der Waals surface area contributed by atoms with E-state index in [2.05, 4.69) is 21.2 Å². The number of carbonyl (C=O) groups is 1. The van der Waals surface area contributed by atoms with Crippen molar-refractivity contribution < 1.29 is 14.6 Å². The van der Waals surface area contributed by atoms with Crippen LogP contribution >= 0.6 is 15.9 Å². The molecule has 5 heteroatoms. The smallest absolute Gasteiger partial charge is 0.216 e. The van der Waals surface area contributed by atoms with Crippen molar-refractivity contribution in [3.05, 3.63) is 22.2 Å². The van der Waals surface area contributed by atoms with Gasteiger partial charge in [-0.3, -0.25) is 4.79 Å². The molecule has 1 aromatic carbocycles.